The van der Waals surface area contributed by atoms with Gasteiger partial charge in [0.15, 0.2) is 0 Å². The Labute approximate surface area is 118 Å². The molecule has 5 heteroatoms. The molecule has 104 valence electrons. The van der Waals surface area contributed by atoms with Gasteiger partial charge in [0.05, 0.1) is 10.6 Å². The predicted molar refractivity (Wildman–Crippen MR) is 78.4 cm³/mol. The second-order valence-electron chi connectivity index (χ2n) is 5.19. The third-order valence-electron chi connectivity index (χ3n) is 3.61. The first-order chi connectivity index (χ1) is 8.99. The number of rotatable bonds is 5. The predicted octanol–water partition coefficient (Wildman–Crippen LogP) is 2.13. The summed E-state index contributed by atoms with van der Waals surface area (Å²) in [6, 6.07) is 5.93. The van der Waals surface area contributed by atoms with E-state index in [4.69, 9.17) is 17.3 Å². The van der Waals surface area contributed by atoms with Crippen LogP contribution < -0.4 is 11.1 Å². The van der Waals surface area contributed by atoms with Gasteiger partial charge in [-0.2, -0.15) is 0 Å². The molecule has 1 atom stereocenters. The molecule has 1 saturated carbocycles. The maximum atomic E-state index is 12.1. The molecule has 2 rings (SSSR count). The van der Waals surface area contributed by atoms with Gasteiger partial charge in [0.2, 0.25) is 0 Å². The summed E-state index contributed by atoms with van der Waals surface area (Å²) in [4.78, 5) is 14.4. The van der Waals surface area contributed by atoms with Crippen molar-refractivity contribution < 1.29 is 4.79 Å². The van der Waals surface area contributed by atoms with Crippen molar-refractivity contribution in [2.75, 3.05) is 19.3 Å². The van der Waals surface area contributed by atoms with Crippen molar-refractivity contribution in [2.24, 2.45) is 0 Å². The molecule has 1 unspecified atom stereocenters. The van der Waals surface area contributed by atoms with E-state index >= 15 is 0 Å². The Morgan fingerprint density at radius 2 is 2.26 bits per heavy atom. The molecule has 0 spiro atoms. The lowest BCUT2D eigenvalue weighted by atomic mass is 10.2. The van der Waals surface area contributed by atoms with Crippen LogP contribution >= 0.6 is 11.6 Å². The largest absolute Gasteiger partial charge is 0.399 e. The lowest BCUT2D eigenvalue weighted by molar-refractivity contribution is 0.0939. The van der Waals surface area contributed by atoms with Gasteiger partial charge in [-0.05, 0) is 45.0 Å². The number of anilines is 1. The summed E-state index contributed by atoms with van der Waals surface area (Å²) in [6.07, 6.45) is 2.52. The van der Waals surface area contributed by atoms with Crippen molar-refractivity contribution in [1.29, 1.82) is 0 Å². The third-order valence-corrected chi connectivity index (χ3v) is 3.94. The van der Waals surface area contributed by atoms with Gasteiger partial charge < -0.3 is 11.1 Å². The quantitative estimate of drug-likeness (QED) is 0.813. The Bertz CT molecular complexity index is 474. The molecule has 1 aliphatic carbocycles. The summed E-state index contributed by atoms with van der Waals surface area (Å²) in [5.74, 6) is -0.173. The molecule has 0 aliphatic heterocycles. The van der Waals surface area contributed by atoms with E-state index in [0.717, 1.165) is 0 Å². The molecular weight excluding hydrogens is 262 g/mol. The fraction of sp³-hybridized carbons (Fsp3) is 0.500. The molecule has 1 aromatic rings. The number of carbonyl (C=O) groups excluding carboxylic acids is 1. The number of halogens is 1. The van der Waals surface area contributed by atoms with Crippen molar-refractivity contribution in [3.05, 3.63) is 28.8 Å². The van der Waals surface area contributed by atoms with Crippen LogP contribution in [0.15, 0.2) is 18.2 Å². The normalized spacial score (nSPS) is 16.4. The molecule has 1 aromatic carbocycles. The summed E-state index contributed by atoms with van der Waals surface area (Å²) in [5.41, 5.74) is 6.64. The summed E-state index contributed by atoms with van der Waals surface area (Å²) < 4.78 is 0. The Morgan fingerprint density at radius 1 is 1.58 bits per heavy atom. The number of likely N-dealkylation sites (N-methyl/N-ethyl adjacent to an activating group) is 1. The van der Waals surface area contributed by atoms with Gasteiger partial charge in [-0.25, -0.2) is 0 Å². The van der Waals surface area contributed by atoms with E-state index < -0.39 is 0 Å². The lowest BCUT2D eigenvalue weighted by Crippen LogP contribution is -2.41. The number of carbonyl (C=O) groups is 1. The van der Waals surface area contributed by atoms with Gasteiger partial charge in [-0.1, -0.05) is 11.6 Å². The number of amides is 1. The molecule has 0 aromatic heterocycles. The minimum Gasteiger partial charge on any atom is -0.399 e. The number of hydrogen-bond donors (Lipinski definition) is 2. The number of nitrogen functional groups attached to an aromatic ring is 1. The summed E-state index contributed by atoms with van der Waals surface area (Å²) >= 11 is 6.00. The molecular formula is C14H20ClN3O. The van der Waals surface area contributed by atoms with E-state index in [9.17, 15) is 4.79 Å². The first-order valence-corrected chi connectivity index (χ1v) is 6.92. The highest BCUT2D eigenvalue weighted by Gasteiger charge is 2.29. The second kappa shape index (κ2) is 5.80. The minimum atomic E-state index is -0.173. The van der Waals surface area contributed by atoms with Crippen LogP contribution in [0.25, 0.3) is 0 Å². The SMILES string of the molecule is CC(CNC(=O)c1cc(N)ccc1Cl)N(C)C1CC1. The Balaban J connectivity index is 1.91. The van der Waals surface area contributed by atoms with Crippen LogP contribution in [0.1, 0.15) is 30.1 Å². The van der Waals surface area contributed by atoms with E-state index in [-0.39, 0.29) is 5.91 Å². The van der Waals surface area contributed by atoms with Crippen LogP contribution in [-0.2, 0) is 0 Å². The van der Waals surface area contributed by atoms with Crippen molar-refractivity contribution in [3.8, 4) is 0 Å². The highest BCUT2D eigenvalue weighted by atomic mass is 35.5. The molecule has 1 fully saturated rings. The average molecular weight is 282 g/mol. The van der Waals surface area contributed by atoms with Gasteiger partial charge in [0.1, 0.15) is 0 Å². The van der Waals surface area contributed by atoms with E-state index in [2.05, 4.69) is 24.2 Å². The molecule has 0 saturated heterocycles. The Morgan fingerprint density at radius 3 is 2.89 bits per heavy atom. The monoisotopic (exact) mass is 281 g/mol. The van der Waals surface area contributed by atoms with Crippen LogP contribution in [0.3, 0.4) is 0 Å². The van der Waals surface area contributed by atoms with Crippen LogP contribution in [0.4, 0.5) is 5.69 Å². The highest BCUT2D eigenvalue weighted by molar-refractivity contribution is 6.34. The average Bonchev–Trinajstić information content (AvgIpc) is 3.21. The number of nitrogens with one attached hydrogen (secondary N) is 1. The third kappa shape index (κ3) is 3.61. The maximum Gasteiger partial charge on any atom is 0.252 e. The fourth-order valence-electron chi connectivity index (χ4n) is 2.04. The second-order valence-corrected chi connectivity index (χ2v) is 5.60. The smallest absolute Gasteiger partial charge is 0.252 e. The molecule has 19 heavy (non-hydrogen) atoms. The zero-order chi connectivity index (χ0) is 14.0. The first-order valence-electron chi connectivity index (χ1n) is 6.54. The molecule has 0 bridgehead atoms. The fourth-order valence-corrected chi connectivity index (χ4v) is 2.24. The summed E-state index contributed by atoms with van der Waals surface area (Å²) in [5, 5.41) is 3.34. The van der Waals surface area contributed by atoms with Crippen molar-refractivity contribution in [2.45, 2.75) is 31.8 Å². The number of hydrogen-bond acceptors (Lipinski definition) is 3. The minimum absolute atomic E-state index is 0.173. The number of benzene rings is 1. The zero-order valence-corrected chi connectivity index (χ0v) is 12.1. The van der Waals surface area contributed by atoms with E-state index in [1.165, 1.54) is 12.8 Å². The van der Waals surface area contributed by atoms with Crippen LogP contribution in [0, 0.1) is 0 Å². The van der Waals surface area contributed by atoms with Crippen LogP contribution in [0.5, 0.6) is 0 Å². The lowest BCUT2D eigenvalue weighted by Gasteiger charge is -2.24. The first kappa shape index (κ1) is 14.2. The van der Waals surface area contributed by atoms with Crippen molar-refractivity contribution in [3.63, 3.8) is 0 Å². The number of nitrogens with zero attached hydrogens (tertiary/aromatic N) is 1. The zero-order valence-electron chi connectivity index (χ0n) is 11.3. The van der Waals surface area contributed by atoms with Crippen LogP contribution in [-0.4, -0.2) is 36.5 Å². The molecule has 0 radical (unpaired) electrons. The van der Waals surface area contributed by atoms with E-state index in [0.29, 0.717) is 34.9 Å². The molecule has 0 heterocycles. The van der Waals surface area contributed by atoms with Gasteiger partial charge in [-0.15, -0.1) is 0 Å². The topological polar surface area (TPSA) is 58.4 Å². The van der Waals surface area contributed by atoms with Gasteiger partial charge in [0.25, 0.3) is 5.91 Å². The van der Waals surface area contributed by atoms with Gasteiger partial charge in [-0.3, -0.25) is 9.69 Å². The molecule has 1 amide bonds. The van der Waals surface area contributed by atoms with Crippen molar-refractivity contribution >= 4 is 23.2 Å². The molecule has 1 aliphatic rings. The van der Waals surface area contributed by atoms with Gasteiger partial charge >= 0.3 is 0 Å². The maximum absolute atomic E-state index is 12.1. The standard InChI is InChI=1S/C14H20ClN3O/c1-9(18(2)11-4-5-11)8-17-14(19)12-7-10(16)3-6-13(12)15/h3,6-7,9,11H,4-5,8,16H2,1-2H3,(H,17,19). The molecule has 3 N–H and O–H groups in total. The summed E-state index contributed by atoms with van der Waals surface area (Å²) in [7, 11) is 2.10. The van der Waals surface area contributed by atoms with Crippen molar-refractivity contribution in [1.82, 2.24) is 10.2 Å². The van der Waals surface area contributed by atoms with E-state index in [1.807, 2.05) is 0 Å². The van der Waals surface area contributed by atoms with Crippen LogP contribution in [0.2, 0.25) is 5.02 Å². The van der Waals surface area contributed by atoms with Gasteiger partial charge in [0, 0.05) is 24.3 Å². The molecule has 4 nitrogen and oxygen atoms in total. The highest BCUT2D eigenvalue weighted by Crippen LogP contribution is 2.26. The van der Waals surface area contributed by atoms with E-state index in [1.54, 1.807) is 18.2 Å². The Kier molecular flexibility index (Phi) is 4.32. The Hall–Kier alpha value is -1.26. The number of nitrogens with two attached hydrogens (primary N) is 1. The summed E-state index contributed by atoms with van der Waals surface area (Å²) in [6.45, 7) is 2.72.